The summed E-state index contributed by atoms with van der Waals surface area (Å²) < 4.78 is 8.09. The Morgan fingerprint density at radius 1 is 0.882 bits per heavy atom. The Hall–Kier alpha value is -3.86. The third-order valence-corrected chi connectivity index (χ3v) is 5.72. The average molecular weight is 455 g/mol. The van der Waals surface area contributed by atoms with Crippen molar-refractivity contribution in [2.24, 2.45) is 0 Å². The molecule has 0 fully saturated rings. The highest BCUT2D eigenvalue weighted by atomic mass is 16.5. The summed E-state index contributed by atoms with van der Waals surface area (Å²) in [4.78, 5) is 27.4. The summed E-state index contributed by atoms with van der Waals surface area (Å²) in [6.07, 6.45) is 1.85. The predicted octanol–water partition coefficient (Wildman–Crippen LogP) is 6.06. The van der Waals surface area contributed by atoms with E-state index in [9.17, 15) is 9.59 Å². The number of imide groups is 1. The highest BCUT2D eigenvalue weighted by Crippen LogP contribution is 2.30. The Kier molecular flexibility index (Phi) is 6.55. The molecule has 174 valence electrons. The molecule has 5 nitrogen and oxygen atoms in total. The van der Waals surface area contributed by atoms with Crippen LogP contribution in [0.1, 0.15) is 49.2 Å². The summed E-state index contributed by atoms with van der Waals surface area (Å²) >= 11 is 0. The van der Waals surface area contributed by atoms with Crippen molar-refractivity contribution in [3.63, 3.8) is 0 Å². The van der Waals surface area contributed by atoms with Crippen molar-refractivity contribution in [3.05, 3.63) is 102 Å². The molecule has 0 unspecified atom stereocenters. The smallest absolute Gasteiger partial charge is 0.263 e. The van der Waals surface area contributed by atoms with Crippen LogP contribution in [0.4, 0.5) is 0 Å². The molecule has 0 bridgehead atoms. The quantitative estimate of drug-likeness (QED) is 0.356. The van der Waals surface area contributed by atoms with Gasteiger partial charge in [0.25, 0.3) is 5.91 Å². The Bertz CT molecular complexity index is 1300. The highest BCUT2D eigenvalue weighted by molar-refractivity contribution is 6.12. The van der Waals surface area contributed by atoms with Crippen LogP contribution in [-0.2, 0) is 17.9 Å². The van der Waals surface area contributed by atoms with Gasteiger partial charge in [-0.2, -0.15) is 0 Å². The topological polar surface area (TPSA) is 51.5 Å². The van der Waals surface area contributed by atoms with Crippen LogP contribution in [0.3, 0.4) is 0 Å². The van der Waals surface area contributed by atoms with Gasteiger partial charge in [-0.25, -0.2) is 0 Å². The zero-order chi connectivity index (χ0) is 24.3. The van der Waals surface area contributed by atoms with Crippen molar-refractivity contribution in [2.45, 2.75) is 46.4 Å². The molecular formula is C29H30N2O3. The lowest BCUT2D eigenvalue weighted by Gasteiger charge is -2.32. The van der Waals surface area contributed by atoms with Gasteiger partial charge in [0.1, 0.15) is 12.4 Å². The zero-order valence-electron chi connectivity index (χ0n) is 20.1. The van der Waals surface area contributed by atoms with E-state index in [0.717, 1.165) is 22.0 Å². The van der Waals surface area contributed by atoms with Gasteiger partial charge in [-0.15, -0.1) is 0 Å². The van der Waals surface area contributed by atoms with Crippen molar-refractivity contribution < 1.29 is 14.3 Å². The number of carbonyl (C=O) groups is 2. The molecule has 0 saturated heterocycles. The standard InChI is InChI=1S/C29H30N2O3/c1-21(32)31(29(2,3)4)28(33)26-19-30(18-22-11-7-5-8-12-22)27-16-15-24(17-25(26)27)34-20-23-13-9-6-10-14-23/h5-17,19H,18,20H2,1-4H3. The zero-order valence-corrected chi connectivity index (χ0v) is 20.1. The van der Waals surface area contributed by atoms with Gasteiger partial charge >= 0.3 is 0 Å². The Balaban J connectivity index is 1.76. The lowest BCUT2D eigenvalue weighted by Crippen LogP contribution is -2.48. The Morgan fingerprint density at radius 2 is 1.50 bits per heavy atom. The summed E-state index contributed by atoms with van der Waals surface area (Å²) in [5.41, 5.74) is 2.95. The van der Waals surface area contributed by atoms with Crippen LogP contribution in [0.15, 0.2) is 85.1 Å². The number of nitrogens with zero attached hydrogens (tertiary/aromatic N) is 2. The molecule has 5 heteroatoms. The van der Waals surface area contributed by atoms with E-state index in [1.54, 1.807) is 0 Å². The molecule has 3 aromatic carbocycles. The molecule has 4 aromatic rings. The van der Waals surface area contributed by atoms with Crippen LogP contribution in [0, 0.1) is 0 Å². The van der Waals surface area contributed by atoms with E-state index in [0.29, 0.717) is 24.5 Å². The predicted molar refractivity (Wildman–Crippen MR) is 135 cm³/mol. The SMILES string of the molecule is CC(=O)N(C(=O)c1cn(Cc2ccccc2)c2ccc(OCc3ccccc3)cc12)C(C)(C)C. The minimum Gasteiger partial charge on any atom is -0.489 e. The molecule has 34 heavy (non-hydrogen) atoms. The fraction of sp³-hybridized carbons (Fsp3) is 0.241. The fourth-order valence-corrected chi connectivity index (χ4v) is 4.23. The van der Waals surface area contributed by atoms with Gasteiger partial charge in [0.15, 0.2) is 0 Å². The molecule has 0 aliphatic carbocycles. The van der Waals surface area contributed by atoms with Gasteiger partial charge in [-0.05, 0) is 50.1 Å². The second-order valence-corrected chi connectivity index (χ2v) is 9.44. The lowest BCUT2D eigenvalue weighted by molar-refractivity contribution is -0.129. The summed E-state index contributed by atoms with van der Waals surface area (Å²) in [6.45, 7) is 8.07. The van der Waals surface area contributed by atoms with Crippen molar-refractivity contribution in [1.82, 2.24) is 9.47 Å². The molecule has 2 amide bonds. The van der Waals surface area contributed by atoms with Crippen LogP contribution in [-0.4, -0.2) is 26.8 Å². The van der Waals surface area contributed by atoms with E-state index in [1.807, 2.05) is 93.7 Å². The van der Waals surface area contributed by atoms with Gasteiger partial charge in [0.05, 0.1) is 5.56 Å². The minimum atomic E-state index is -0.641. The van der Waals surface area contributed by atoms with Crippen molar-refractivity contribution in [2.75, 3.05) is 0 Å². The number of hydrogen-bond donors (Lipinski definition) is 0. The maximum atomic E-state index is 13.7. The highest BCUT2D eigenvalue weighted by Gasteiger charge is 2.32. The van der Waals surface area contributed by atoms with E-state index in [4.69, 9.17) is 4.74 Å². The molecule has 1 aromatic heterocycles. The van der Waals surface area contributed by atoms with Crippen LogP contribution in [0.25, 0.3) is 10.9 Å². The third kappa shape index (κ3) is 5.04. The number of aromatic nitrogens is 1. The van der Waals surface area contributed by atoms with Crippen LogP contribution in [0.5, 0.6) is 5.75 Å². The normalized spacial score (nSPS) is 11.4. The molecule has 0 atom stereocenters. The number of ether oxygens (including phenoxy) is 1. The first-order valence-corrected chi connectivity index (χ1v) is 11.4. The molecule has 0 radical (unpaired) electrons. The van der Waals surface area contributed by atoms with Gasteiger partial charge in [0.2, 0.25) is 5.91 Å². The maximum Gasteiger partial charge on any atom is 0.263 e. The first kappa shape index (κ1) is 23.3. The Morgan fingerprint density at radius 3 is 2.09 bits per heavy atom. The summed E-state index contributed by atoms with van der Waals surface area (Å²) in [5, 5.41) is 0.766. The number of hydrogen-bond acceptors (Lipinski definition) is 3. The number of amides is 2. The van der Waals surface area contributed by atoms with Gasteiger partial charge < -0.3 is 9.30 Å². The van der Waals surface area contributed by atoms with Crippen molar-refractivity contribution in [3.8, 4) is 5.75 Å². The van der Waals surface area contributed by atoms with E-state index < -0.39 is 5.54 Å². The van der Waals surface area contributed by atoms with Crippen LogP contribution >= 0.6 is 0 Å². The number of rotatable bonds is 6. The summed E-state index contributed by atoms with van der Waals surface area (Å²) in [7, 11) is 0. The molecule has 0 spiro atoms. The first-order chi connectivity index (χ1) is 16.2. The largest absolute Gasteiger partial charge is 0.489 e. The molecule has 1 heterocycles. The number of carbonyl (C=O) groups excluding carboxylic acids is 2. The van der Waals surface area contributed by atoms with E-state index in [1.165, 1.54) is 11.8 Å². The fourth-order valence-electron chi connectivity index (χ4n) is 4.23. The van der Waals surface area contributed by atoms with Crippen LogP contribution in [0.2, 0.25) is 0 Å². The van der Waals surface area contributed by atoms with E-state index in [-0.39, 0.29) is 11.8 Å². The molecule has 0 saturated carbocycles. The minimum absolute atomic E-state index is 0.280. The van der Waals surface area contributed by atoms with Crippen molar-refractivity contribution in [1.29, 1.82) is 0 Å². The number of benzene rings is 3. The second-order valence-electron chi connectivity index (χ2n) is 9.44. The average Bonchev–Trinajstić information content (AvgIpc) is 3.15. The number of fused-ring (bicyclic) bond motifs is 1. The summed E-state index contributed by atoms with van der Waals surface area (Å²) in [6, 6.07) is 25.8. The van der Waals surface area contributed by atoms with E-state index >= 15 is 0 Å². The second kappa shape index (κ2) is 9.56. The van der Waals surface area contributed by atoms with E-state index in [2.05, 4.69) is 16.7 Å². The summed E-state index contributed by atoms with van der Waals surface area (Å²) in [5.74, 6) is 0.0861. The molecule has 4 rings (SSSR count). The van der Waals surface area contributed by atoms with Crippen LogP contribution < -0.4 is 4.74 Å². The molecular weight excluding hydrogens is 424 g/mol. The lowest BCUT2D eigenvalue weighted by atomic mass is 10.0. The first-order valence-electron chi connectivity index (χ1n) is 11.4. The monoisotopic (exact) mass is 454 g/mol. The van der Waals surface area contributed by atoms with Gasteiger partial charge in [-0.3, -0.25) is 14.5 Å². The van der Waals surface area contributed by atoms with Gasteiger partial charge in [-0.1, -0.05) is 60.7 Å². The molecule has 0 N–H and O–H groups in total. The third-order valence-electron chi connectivity index (χ3n) is 5.72. The Labute approximate surface area is 200 Å². The van der Waals surface area contributed by atoms with Crippen molar-refractivity contribution >= 4 is 22.7 Å². The molecule has 0 aliphatic heterocycles. The maximum absolute atomic E-state index is 13.7. The van der Waals surface area contributed by atoms with Gasteiger partial charge in [0, 0.05) is 36.1 Å². The molecule has 0 aliphatic rings.